The fourth-order valence-corrected chi connectivity index (χ4v) is 4.12. The quantitative estimate of drug-likeness (QED) is 0.245. The van der Waals surface area contributed by atoms with E-state index in [0.29, 0.717) is 22.4 Å². The van der Waals surface area contributed by atoms with Gasteiger partial charge < -0.3 is 9.84 Å². The number of rotatable bonds is 7. The molecular formula is C25H19F3N2O3S. The van der Waals surface area contributed by atoms with Gasteiger partial charge in [-0.2, -0.15) is 18.4 Å². The zero-order valence-electron chi connectivity index (χ0n) is 18.2. The third-order valence-corrected chi connectivity index (χ3v) is 5.86. The number of thioether (sulfide) groups is 1. The second-order valence-corrected chi connectivity index (χ2v) is 8.18. The van der Waals surface area contributed by atoms with Gasteiger partial charge in [0.1, 0.15) is 28.3 Å². The normalized spacial score (nSPS) is 11.4. The van der Waals surface area contributed by atoms with Gasteiger partial charge in [-0.25, -0.2) is 4.98 Å². The van der Waals surface area contributed by atoms with Gasteiger partial charge in [-0.3, -0.25) is 4.79 Å². The number of ketones is 1. The number of benzene rings is 2. The molecule has 2 aromatic carbocycles. The molecule has 3 rings (SSSR count). The van der Waals surface area contributed by atoms with Crippen LogP contribution in [0.3, 0.4) is 0 Å². The molecule has 174 valence electrons. The summed E-state index contributed by atoms with van der Waals surface area (Å²) < 4.78 is 44.9. The zero-order valence-corrected chi connectivity index (χ0v) is 19.0. The number of allylic oxidation sites excluding steroid dienone is 1. The van der Waals surface area contributed by atoms with E-state index >= 15 is 0 Å². The first-order chi connectivity index (χ1) is 16.1. The molecule has 0 atom stereocenters. The van der Waals surface area contributed by atoms with Gasteiger partial charge in [0.25, 0.3) is 0 Å². The lowest BCUT2D eigenvalue weighted by Gasteiger charge is -2.13. The molecule has 0 fully saturated rings. The molecule has 0 unspecified atom stereocenters. The lowest BCUT2D eigenvalue weighted by molar-refractivity contribution is -0.141. The van der Waals surface area contributed by atoms with Crippen LogP contribution in [0.15, 0.2) is 59.6 Å². The maximum atomic E-state index is 13.2. The van der Waals surface area contributed by atoms with E-state index in [1.807, 2.05) is 6.07 Å². The van der Waals surface area contributed by atoms with E-state index in [2.05, 4.69) is 4.98 Å². The van der Waals surface area contributed by atoms with Crippen molar-refractivity contribution in [3.05, 3.63) is 88.1 Å². The van der Waals surface area contributed by atoms with E-state index in [1.165, 1.54) is 44.4 Å². The lowest BCUT2D eigenvalue weighted by Crippen LogP contribution is -2.10. The van der Waals surface area contributed by atoms with Crippen LogP contribution in [0.2, 0.25) is 0 Å². The van der Waals surface area contributed by atoms with Crippen molar-refractivity contribution in [2.75, 3.05) is 7.11 Å². The fraction of sp³-hybridized carbons (Fsp3) is 0.160. The zero-order chi connectivity index (χ0) is 24.9. The third-order valence-electron chi connectivity index (χ3n) is 4.83. The second-order valence-electron chi connectivity index (χ2n) is 7.22. The van der Waals surface area contributed by atoms with E-state index < -0.39 is 11.9 Å². The number of carbonyl (C=O) groups excluding carboxylic acids is 1. The minimum Gasteiger partial charge on any atom is -0.508 e. The molecule has 34 heavy (non-hydrogen) atoms. The Balaban J connectivity index is 1.85. The van der Waals surface area contributed by atoms with Gasteiger partial charge >= 0.3 is 6.18 Å². The van der Waals surface area contributed by atoms with E-state index in [9.17, 15) is 28.3 Å². The fourth-order valence-electron chi connectivity index (χ4n) is 3.08. The summed E-state index contributed by atoms with van der Waals surface area (Å²) in [5.74, 6) is 0.507. The predicted molar refractivity (Wildman–Crippen MR) is 123 cm³/mol. The summed E-state index contributed by atoms with van der Waals surface area (Å²) in [5.41, 5.74) is 0.984. The first-order valence-electron chi connectivity index (χ1n) is 9.92. The largest absolute Gasteiger partial charge is 0.508 e. The van der Waals surface area contributed by atoms with Crippen molar-refractivity contribution in [2.24, 2.45) is 0 Å². The van der Waals surface area contributed by atoms with Crippen LogP contribution in [-0.4, -0.2) is 23.0 Å². The van der Waals surface area contributed by atoms with Crippen LogP contribution in [0.4, 0.5) is 13.2 Å². The number of hydrogen-bond donors (Lipinski definition) is 1. The second kappa shape index (κ2) is 10.4. The number of phenols is 1. The van der Waals surface area contributed by atoms with Crippen molar-refractivity contribution in [1.82, 2.24) is 4.98 Å². The van der Waals surface area contributed by atoms with Crippen molar-refractivity contribution >= 4 is 23.6 Å². The molecule has 0 amide bonds. The molecule has 0 saturated carbocycles. The van der Waals surface area contributed by atoms with Gasteiger partial charge in [0.2, 0.25) is 0 Å². The van der Waals surface area contributed by atoms with Crippen molar-refractivity contribution in [1.29, 1.82) is 5.26 Å². The van der Waals surface area contributed by atoms with Crippen molar-refractivity contribution < 1.29 is 27.8 Å². The molecule has 1 heterocycles. The number of aryl methyl sites for hydroxylation is 1. The van der Waals surface area contributed by atoms with Crippen LogP contribution in [0.25, 0.3) is 6.08 Å². The molecule has 0 aliphatic heterocycles. The summed E-state index contributed by atoms with van der Waals surface area (Å²) in [5, 5.41) is 18.7. The number of ether oxygens (including phenoxy) is 1. The number of phenolic OH excluding ortho intramolecular Hbond substituents is 1. The van der Waals surface area contributed by atoms with Crippen LogP contribution in [0.5, 0.6) is 11.5 Å². The standard InChI is InChI=1S/C25H19F3N2O3S/c1-15-11-23(25(26,27)28)30-24(20(15)13-29)34-14-18-12-16(4-10-22(18)33-2)3-9-21(32)17-5-7-19(31)8-6-17/h3-12,31H,14H2,1-2H3/b9-3+. The minimum absolute atomic E-state index is 0.0136. The Morgan fingerprint density at radius 1 is 1.21 bits per heavy atom. The summed E-state index contributed by atoms with van der Waals surface area (Å²) in [6, 6.07) is 13.8. The Labute approximate surface area is 198 Å². The molecule has 9 heteroatoms. The highest BCUT2D eigenvalue weighted by Crippen LogP contribution is 2.35. The number of pyridine rings is 1. The van der Waals surface area contributed by atoms with Gasteiger partial charge in [0.15, 0.2) is 5.78 Å². The van der Waals surface area contributed by atoms with Gasteiger partial charge in [-0.1, -0.05) is 12.1 Å². The highest BCUT2D eigenvalue weighted by molar-refractivity contribution is 7.98. The highest BCUT2D eigenvalue weighted by Gasteiger charge is 2.34. The smallest absolute Gasteiger partial charge is 0.433 e. The lowest BCUT2D eigenvalue weighted by atomic mass is 10.1. The number of carbonyl (C=O) groups is 1. The summed E-state index contributed by atoms with van der Waals surface area (Å²) in [4.78, 5) is 16.0. The number of alkyl halides is 3. The Morgan fingerprint density at radius 3 is 2.53 bits per heavy atom. The number of halogens is 3. The minimum atomic E-state index is -4.62. The van der Waals surface area contributed by atoms with Crippen molar-refractivity contribution in [3.8, 4) is 17.6 Å². The molecule has 0 bridgehead atoms. The van der Waals surface area contributed by atoms with Crippen LogP contribution in [0.1, 0.15) is 38.3 Å². The number of hydrogen-bond acceptors (Lipinski definition) is 6. The summed E-state index contributed by atoms with van der Waals surface area (Å²) in [7, 11) is 1.47. The maximum Gasteiger partial charge on any atom is 0.433 e. The van der Waals surface area contributed by atoms with E-state index in [0.717, 1.165) is 17.8 Å². The number of aromatic hydroxyl groups is 1. The topological polar surface area (TPSA) is 83.2 Å². The number of methoxy groups -OCH3 is 1. The number of nitrogens with zero attached hydrogens (tertiary/aromatic N) is 2. The van der Waals surface area contributed by atoms with Crippen LogP contribution < -0.4 is 4.74 Å². The predicted octanol–water partition coefficient (Wildman–Crippen LogP) is 6.18. The van der Waals surface area contributed by atoms with Crippen LogP contribution in [0, 0.1) is 18.3 Å². The maximum absolute atomic E-state index is 13.2. The molecule has 1 N–H and O–H groups in total. The summed E-state index contributed by atoms with van der Waals surface area (Å²) in [6.45, 7) is 1.44. The van der Waals surface area contributed by atoms with Crippen molar-refractivity contribution in [3.63, 3.8) is 0 Å². The molecule has 1 aromatic heterocycles. The monoisotopic (exact) mass is 484 g/mol. The van der Waals surface area contributed by atoms with E-state index in [1.54, 1.807) is 24.3 Å². The molecule has 0 aliphatic carbocycles. The van der Waals surface area contributed by atoms with E-state index in [-0.39, 0.29) is 33.4 Å². The number of nitriles is 1. The van der Waals surface area contributed by atoms with Crippen LogP contribution in [-0.2, 0) is 11.9 Å². The van der Waals surface area contributed by atoms with Gasteiger partial charge in [-0.05, 0) is 66.6 Å². The van der Waals surface area contributed by atoms with E-state index in [4.69, 9.17) is 4.74 Å². The molecule has 0 spiro atoms. The van der Waals surface area contributed by atoms with Gasteiger partial charge in [-0.15, -0.1) is 11.8 Å². The average Bonchev–Trinajstić information content (AvgIpc) is 2.80. The third kappa shape index (κ3) is 5.97. The molecule has 3 aromatic rings. The molecule has 0 saturated heterocycles. The molecule has 0 aliphatic rings. The van der Waals surface area contributed by atoms with Crippen molar-refractivity contribution in [2.45, 2.75) is 23.9 Å². The highest BCUT2D eigenvalue weighted by atomic mass is 32.2. The Morgan fingerprint density at radius 2 is 1.91 bits per heavy atom. The Bertz CT molecular complexity index is 1280. The summed E-state index contributed by atoms with van der Waals surface area (Å²) >= 11 is 1.00. The molecule has 0 radical (unpaired) electrons. The van der Waals surface area contributed by atoms with Gasteiger partial charge in [0, 0.05) is 16.9 Å². The van der Waals surface area contributed by atoms with Crippen LogP contribution >= 0.6 is 11.8 Å². The van der Waals surface area contributed by atoms with Gasteiger partial charge in [0.05, 0.1) is 12.7 Å². The SMILES string of the molecule is COc1ccc(/C=C/C(=O)c2ccc(O)cc2)cc1CSc1nc(C(F)(F)F)cc(C)c1C#N. The Hall–Kier alpha value is -3.77. The Kier molecular flexibility index (Phi) is 7.64. The summed E-state index contributed by atoms with van der Waals surface area (Å²) in [6.07, 6.45) is -1.63. The first-order valence-corrected chi connectivity index (χ1v) is 10.9. The first kappa shape index (κ1) is 24.9. The number of aromatic nitrogens is 1. The molecular weight excluding hydrogens is 465 g/mol. The average molecular weight is 484 g/mol. The molecule has 5 nitrogen and oxygen atoms in total.